The Balaban J connectivity index is 1.34. The van der Waals surface area contributed by atoms with Crippen molar-refractivity contribution in [2.75, 3.05) is 0 Å². The van der Waals surface area contributed by atoms with Gasteiger partial charge in [-0.1, -0.05) is 24.2 Å². The molecule has 4 atom stereocenters. The van der Waals surface area contributed by atoms with Crippen LogP contribution in [0, 0.1) is 31.6 Å². The minimum atomic E-state index is -1.29. The molecule has 16 heteroatoms. The van der Waals surface area contributed by atoms with Crippen molar-refractivity contribution in [3.63, 3.8) is 0 Å². The first kappa shape index (κ1) is 30.5. The van der Waals surface area contributed by atoms with E-state index in [1.54, 1.807) is 34.9 Å². The van der Waals surface area contributed by atoms with Crippen molar-refractivity contribution in [3.05, 3.63) is 109 Å². The largest absolute Gasteiger partial charge is 0.477 e. The SMILES string of the molecule is C[C@@H](O)[C@H]1C(=O)N2C(C(=O)O)=C(c3cn4cnc(C=NOCc5ccc([N+](=O)[O-])cc5)c4s3)[C@](C)(Cc3ccc([N+](=O)[O-])cc3)[C@@H]12. The Labute approximate surface area is 264 Å². The van der Waals surface area contributed by atoms with Gasteiger partial charge in [0.25, 0.3) is 11.4 Å². The van der Waals surface area contributed by atoms with E-state index in [2.05, 4.69) is 10.1 Å². The Hall–Kier alpha value is -5.48. The molecule has 0 radical (unpaired) electrons. The molecule has 15 nitrogen and oxygen atoms in total. The fourth-order valence-corrected chi connectivity index (χ4v) is 7.57. The second kappa shape index (κ2) is 11.5. The van der Waals surface area contributed by atoms with Crippen LogP contribution in [0.4, 0.5) is 11.4 Å². The summed E-state index contributed by atoms with van der Waals surface area (Å²) in [7, 11) is 0. The number of aliphatic hydroxyl groups excluding tert-OH is 1. The van der Waals surface area contributed by atoms with Gasteiger partial charge in [-0.05, 0) is 36.6 Å². The third-order valence-electron chi connectivity index (χ3n) is 8.40. The van der Waals surface area contributed by atoms with Crippen molar-refractivity contribution in [1.29, 1.82) is 0 Å². The second-order valence-electron chi connectivity index (χ2n) is 11.3. The van der Waals surface area contributed by atoms with Crippen LogP contribution in [0.25, 0.3) is 10.4 Å². The first-order valence-corrected chi connectivity index (χ1v) is 14.8. The molecule has 0 bridgehead atoms. The average molecular weight is 647 g/mol. The van der Waals surface area contributed by atoms with Gasteiger partial charge in [0, 0.05) is 41.5 Å². The average Bonchev–Trinajstić information content (AvgIpc) is 3.64. The number of thiazole rings is 1. The van der Waals surface area contributed by atoms with Crippen LogP contribution in [0.5, 0.6) is 0 Å². The fraction of sp³-hybridized carbons (Fsp3) is 0.267. The standard InChI is InChI=1S/C30H26N6O9S/c1-16(37)23-26-30(2,11-17-3-7-19(8-4-17)35(41)42)24(25(29(39)40)34(26)27(23)38)22-13-33-15-31-21(28(33)46-22)12-32-45-14-18-5-9-20(10-6-18)36(43)44/h3-10,12-13,15-16,23,26,37H,11,14H2,1-2H3,(H,39,40)/t16-,23-,26-,30+/m1/s1. The number of aliphatic hydroxyl groups is 1. The van der Waals surface area contributed by atoms with Crippen LogP contribution < -0.4 is 0 Å². The highest BCUT2D eigenvalue weighted by Gasteiger charge is 2.66. The van der Waals surface area contributed by atoms with Crippen LogP contribution in [0.3, 0.4) is 0 Å². The van der Waals surface area contributed by atoms with Gasteiger partial charge >= 0.3 is 5.97 Å². The number of hydrogen-bond donors (Lipinski definition) is 2. The van der Waals surface area contributed by atoms with E-state index in [-0.39, 0.29) is 30.1 Å². The van der Waals surface area contributed by atoms with Crippen molar-refractivity contribution in [3.8, 4) is 0 Å². The van der Waals surface area contributed by atoms with Crippen LogP contribution in [-0.2, 0) is 27.5 Å². The van der Waals surface area contributed by atoms with Crippen molar-refractivity contribution < 1.29 is 34.5 Å². The summed E-state index contributed by atoms with van der Waals surface area (Å²) in [6.07, 6.45) is 3.87. The van der Waals surface area contributed by atoms with Gasteiger partial charge in [-0.3, -0.25) is 29.4 Å². The molecule has 2 aliphatic heterocycles. The molecule has 6 rings (SSSR count). The zero-order chi connectivity index (χ0) is 32.9. The highest BCUT2D eigenvalue weighted by molar-refractivity contribution is 7.18. The number of β-lactam (4-membered cyclic amide) rings is 1. The van der Waals surface area contributed by atoms with Crippen LogP contribution in [0.1, 0.15) is 35.5 Å². The maximum Gasteiger partial charge on any atom is 0.352 e. The number of carboxylic acids is 1. The van der Waals surface area contributed by atoms with E-state index < -0.39 is 45.2 Å². The molecule has 2 aromatic carbocycles. The molecule has 4 aromatic rings. The number of imidazole rings is 1. The van der Waals surface area contributed by atoms with Gasteiger partial charge in [-0.25, -0.2) is 9.78 Å². The minimum Gasteiger partial charge on any atom is -0.477 e. The molecular weight excluding hydrogens is 620 g/mol. The van der Waals surface area contributed by atoms with E-state index in [1.165, 1.54) is 60.0 Å². The van der Waals surface area contributed by atoms with E-state index in [4.69, 9.17) is 4.84 Å². The summed E-state index contributed by atoms with van der Waals surface area (Å²) in [4.78, 5) is 59.2. The second-order valence-corrected chi connectivity index (χ2v) is 12.4. The summed E-state index contributed by atoms with van der Waals surface area (Å²) in [6.45, 7) is 3.41. The molecular formula is C30H26N6O9S. The lowest BCUT2D eigenvalue weighted by Gasteiger charge is -2.51. The van der Waals surface area contributed by atoms with E-state index in [1.807, 2.05) is 6.92 Å². The number of fused-ring (bicyclic) bond motifs is 2. The van der Waals surface area contributed by atoms with Gasteiger partial charge in [0.1, 0.15) is 29.2 Å². The summed E-state index contributed by atoms with van der Waals surface area (Å²) in [5.41, 5.74) is 0.935. The fourth-order valence-electron chi connectivity index (χ4n) is 6.35. The summed E-state index contributed by atoms with van der Waals surface area (Å²) in [5.74, 6) is -2.61. The first-order chi connectivity index (χ1) is 21.9. The Bertz CT molecular complexity index is 1950. The number of benzene rings is 2. The zero-order valence-corrected chi connectivity index (χ0v) is 25.2. The zero-order valence-electron chi connectivity index (χ0n) is 24.3. The predicted molar refractivity (Wildman–Crippen MR) is 164 cm³/mol. The molecule has 46 heavy (non-hydrogen) atoms. The topological polar surface area (TPSA) is 203 Å². The molecule has 0 unspecified atom stereocenters. The predicted octanol–water partition coefficient (Wildman–Crippen LogP) is 4.03. The van der Waals surface area contributed by atoms with Gasteiger partial charge in [0.05, 0.1) is 39.0 Å². The maximum absolute atomic E-state index is 13.2. The Morgan fingerprint density at radius 1 is 1.13 bits per heavy atom. The lowest BCUT2D eigenvalue weighted by atomic mass is 9.64. The van der Waals surface area contributed by atoms with Crippen LogP contribution in [0.15, 0.2) is 71.9 Å². The molecule has 1 fully saturated rings. The number of oxime groups is 1. The molecule has 0 spiro atoms. The number of carboxylic acid groups (broad SMARTS) is 1. The van der Waals surface area contributed by atoms with E-state index >= 15 is 0 Å². The quantitative estimate of drug-likeness (QED) is 0.104. The summed E-state index contributed by atoms with van der Waals surface area (Å²) in [6, 6.07) is 11.2. The smallest absolute Gasteiger partial charge is 0.352 e. The summed E-state index contributed by atoms with van der Waals surface area (Å²) < 4.78 is 1.71. The molecule has 2 aliphatic rings. The molecule has 2 N–H and O–H groups in total. The third-order valence-corrected chi connectivity index (χ3v) is 9.54. The molecule has 0 aliphatic carbocycles. The van der Waals surface area contributed by atoms with Gasteiger partial charge in [-0.2, -0.15) is 0 Å². The van der Waals surface area contributed by atoms with Gasteiger partial charge in [0.15, 0.2) is 0 Å². The third kappa shape index (κ3) is 5.06. The highest BCUT2D eigenvalue weighted by atomic mass is 32.1. The molecule has 0 saturated carbocycles. The number of aromatic nitrogens is 2. The van der Waals surface area contributed by atoms with Crippen LogP contribution in [0.2, 0.25) is 0 Å². The molecule has 2 aromatic heterocycles. The summed E-state index contributed by atoms with van der Waals surface area (Å²) >= 11 is 1.25. The van der Waals surface area contributed by atoms with E-state index in [0.29, 0.717) is 32.1 Å². The van der Waals surface area contributed by atoms with Gasteiger partial charge < -0.3 is 20.0 Å². The van der Waals surface area contributed by atoms with Crippen LogP contribution in [-0.4, -0.2) is 64.6 Å². The number of aliphatic carboxylic acids is 1. The molecule has 236 valence electrons. The number of amides is 1. The Morgan fingerprint density at radius 2 is 1.74 bits per heavy atom. The Kier molecular flexibility index (Phi) is 7.61. The van der Waals surface area contributed by atoms with Gasteiger partial charge in [-0.15, -0.1) is 11.3 Å². The number of nitro benzene ring substituents is 2. The number of hydrogen-bond acceptors (Lipinski definition) is 11. The van der Waals surface area contributed by atoms with Crippen molar-refractivity contribution in [1.82, 2.24) is 14.3 Å². The molecule has 1 saturated heterocycles. The number of nitro groups is 2. The normalized spacial score (nSPS) is 21.5. The molecule has 1 amide bonds. The Morgan fingerprint density at radius 3 is 2.30 bits per heavy atom. The summed E-state index contributed by atoms with van der Waals surface area (Å²) in [5, 5.41) is 47.0. The number of rotatable bonds is 11. The van der Waals surface area contributed by atoms with Crippen molar-refractivity contribution in [2.24, 2.45) is 16.5 Å². The van der Waals surface area contributed by atoms with Crippen molar-refractivity contribution >= 4 is 51.2 Å². The monoisotopic (exact) mass is 646 g/mol. The molecule has 4 heterocycles. The maximum atomic E-state index is 13.2. The van der Waals surface area contributed by atoms with E-state index in [9.17, 15) is 40.0 Å². The van der Waals surface area contributed by atoms with Gasteiger partial charge in [0.2, 0.25) is 5.91 Å². The van der Waals surface area contributed by atoms with Crippen LogP contribution >= 0.6 is 11.3 Å². The highest BCUT2D eigenvalue weighted by Crippen LogP contribution is 2.59. The number of carbonyl (C=O) groups excluding carboxylic acids is 1. The number of nitrogens with zero attached hydrogens (tertiary/aromatic N) is 6. The van der Waals surface area contributed by atoms with E-state index in [0.717, 1.165) is 0 Å². The lowest BCUT2D eigenvalue weighted by Crippen LogP contribution is -2.66. The number of non-ortho nitro benzene ring substituents is 2. The lowest BCUT2D eigenvalue weighted by molar-refractivity contribution is -0.385. The first-order valence-electron chi connectivity index (χ1n) is 14.0. The van der Waals surface area contributed by atoms with Crippen molar-refractivity contribution in [2.45, 2.75) is 39.0 Å². The number of carbonyl (C=O) groups is 2. The minimum absolute atomic E-state index is 0.0380.